The highest BCUT2D eigenvalue weighted by Crippen LogP contribution is 2.12. The molecule has 1 atom stereocenters. The Labute approximate surface area is 118 Å². The molecule has 0 bridgehead atoms. The third-order valence-corrected chi connectivity index (χ3v) is 3.32. The molecule has 1 aromatic rings. The summed E-state index contributed by atoms with van der Waals surface area (Å²) in [5.41, 5.74) is 1.84. The van der Waals surface area contributed by atoms with E-state index in [9.17, 15) is 9.90 Å². The number of rotatable bonds is 7. The highest BCUT2D eigenvalue weighted by Gasteiger charge is 2.15. The topological polar surface area (TPSA) is 49.8 Å². The van der Waals surface area contributed by atoms with Gasteiger partial charge in [0, 0.05) is 32.0 Å². The smallest absolute Gasteiger partial charge is 0.253 e. The minimum absolute atomic E-state index is 0.0918. The van der Waals surface area contributed by atoms with Crippen molar-refractivity contribution in [2.45, 2.75) is 11.9 Å². The van der Waals surface area contributed by atoms with Crippen molar-refractivity contribution < 1.29 is 14.6 Å². The van der Waals surface area contributed by atoms with Crippen molar-refractivity contribution in [1.82, 2.24) is 4.90 Å². The number of carbonyl (C=O) groups is 1. The molecular formula is C14H21NO3S. The van der Waals surface area contributed by atoms with Gasteiger partial charge in [-0.25, -0.2) is 0 Å². The Bertz CT molecular complexity index is 394. The van der Waals surface area contributed by atoms with Gasteiger partial charge in [-0.05, 0) is 24.0 Å². The molecule has 4 nitrogen and oxygen atoms in total. The fourth-order valence-corrected chi connectivity index (χ4v) is 2.30. The molecule has 1 rings (SSSR count). The molecule has 0 saturated heterocycles. The Morgan fingerprint density at radius 3 is 2.58 bits per heavy atom. The fraction of sp³-hybridized carbons (Fsp3) is 0.500. The van der Waals surface area contributed by atoms with Crippen molar-refractivity contribution in [3.8, 4) is 0 Å². The molecule has 19 heavy (non-hydrogen) atoms. The van der Waals surface area contributed by atoms with Crippen LogP contribution in [0.3, 0.4) is 0 Å². The van der Waals surface area contributed by atoms with Gasteiger partial charge in [-0.15, -0.1) is 0 Å². The first kappa shape index (κ1) is 16.0. The molecule has 1 unspecified atom stereocenters. The van der Waals surface area contributed by atoms with Gasteiger partial charge in [-0.2, -0.15) is 11.8 Å². The van der Waals surface area contributed by atoms with E-state index in [0.29, 0.717) is 5.56 Å². The first-order chi connectivity index (χ1) is 9.08. The summed E-state index contributed by atoms with van der Waals surface area (Å²) in [6.07, 6.45) is 1.39. The summed E-state index contributed by atoms with van der Waals surface area (Å²) < 4.78 is 4.84. The number of likely N-dealkylation sites (N-methyl/N-ethyl adjacent to an activating group) is 1. The van der Waals surface area contributed by atoms with E-state index in [-0.39, 0.29) is 19.1 Å². The fourth-order valence-electron chi connectivity index (χ4n) is 1.77. The molecule has 1 amide bonds. The number of benzene rings is 1. The van der Waals surface area contributed by atoms with Crippen LogP contribution in [0.25, 0.3) is 0 Å². The molecule has 0 heterocycles. The van der Waals surface area contributed by atoms with E-state index in [1.807, 2.05) is 30.5 Å². The summed E-state index contributed by atoms with van der Waals surface area (Å²) in [5, 5.41) is 9.61. The SMILES string of the molecule is COCC(O)CN(C)C(=O)c1ccc(CSC)cc1. The average molecular weight is 283 g/mol. The molecule has 0 aliphatic rings. The zero-order valence-electron chi connectivity index (χ0n) is 11.6. The molecule has 0 radical (unpaired) electrons. The van der Waals surface area contributed by atoms with Crippen LogP contribution in [-0.2, 0) is 10.5 Å². The second-order valence-corrected chi connectivity index (χ2v) is 5.29. The summed E-state index contributed by atoms with van der Waals surface area (Å²) in [7, 11) is 3.20. The van der Waals surface area contributed by atoms with Gasteiger partial charge in [0.15, 0.2) is 0 Å². The molecular weight excluding hydrogens is 262 g/mol. The monoisotopic (exact) mass is 283 g/mol. The van der Waals surface area contributed by atoms with Crippen LogP contribution < -0.4 is 0 Å². The number of amides is 1. The van der Waals surface area contributed by atoms with E-state index in [2.05, 4.69) is 0 Å². The van der Waals surface area contributed by atoms with Crippen LogP contribution in [0.15, 0.2) is 24.3 Å². The molecule has 1 aromatic carbocycles. The maximum absolute atomic E-state index is 12.1. The Hall–Kier alpha value is -1.04. The van der Waals surface area contributed by atoms with E-state index in [4.69, 9.17) is 4.74 Å². The molecule has 0 fully saturated rings. The number of hydrogen-bond donors (Lipinski definition) is 1. The van der Waals surface area contributed by atoms with Crippen molar-refractivity contribution in [3.63, 3.8) is 0 Å². The Kier molecular flexibility index (Phi) is 6.91. The third kappa shape index (κ3) is 5.22. The van der Waals surface area contributed by atoms with Gasteiger partial charge in [0.25, 0.3) is 5.91 Å². The molecule has 0 aliphatic carbocycles. The van der Waals surface area contributed by atoms with Crippen molar-refractivity contribution >= 4 is 17.7 Å². The van der Waals surface area contributed by atoms with E-state index in [0.717, 1.165) is 5.75 Å². The minimum Gasteiger partial charge on any atom is -0.389 e. The summed E-state index contributed by atoms with van der Waals surface area (Å²) in [5.74, 6) is 0.850. The van der Waals surface area contributed by atoms with Gasteiger partial charge in [-0.3, -0.25) is 4.79 Å². The maximum atomic E-state index is 12.1. The number of nitrogens with zero attached hydrogens (tertiary/aromatic N) is 1. The summed E-state index contributed by atoms with van der Waals surface area (Å²) in [4.78, 5) is 13.6. The highest BCUT2D eigenvalue weighted by atomic mass is 32.2. The largest absolute Gasteiger partial charge is 0.389 e. The van der Waals surface area contributed by atoms with Gasteiger partial charge < -0.3 is 14.7 Å². The Balaban J connectivity index is 2.60. The van der Waals surface area contributed by atoms with Gasteiger partial charge in [-0.1, -0.05) is 12.1 Å². The van der Waals surface area contributed by atoms with Gasteiger partial charge >= 0.3 is 0 Å². The number of thioether (sulfide) groups is 1. The first-order valence-corrected chi connectivity index (χ1v) is 7.48. The predicted molar refractivity (Wildman–Crippen MR) is 78.5 cm³/mol. The van der Waals surface area contributed by atoms with Crippen LogP contribution in [0.5, 0.6) is 0 Å². The Morgan fingerprint density at radius 2 is 2.05 bits per heavy atom. The second kappa shape index (κ2) is 8.19. The van der Waals surface area contributed by atoms with Crippen LogP contribution in [0.4, 0.5) is 0 Å². The molecule has 0 spiro atoms. The molecule has 106 valence electrons. The average Bonchev–Trinajstić information content (AvgIpc) is 2.39. The van der Waals surface area contributed by atoms with Crippen LogP contribution in [0.2, 0.25) is 0 Å². The lowest BCUT2D eigenvalue weighted by molar-refractivity contribution is 0.0380. The van der Waals surface area contributed by atoms with Gasteiger partial charge in [0.1, 0.15) is 0 Å². The maximum Gasteiger partial charge on any atom is 0.253 e. The van der Waals surface area contributed by atoms with Crippen molar-refractivity contribution in [2.75, 3.05) is 33.6 Å². The lowest BCUT2D eigenvalue weighted by atomic mass is 10.1. The number of hydrogen-bond acceptors (Lipinski definition) is 4. The zero-order chi connectivity index (χ0) is 14.3. The van der Waals surface area contributed by atoms with E-state index in [1.54, 1.807) is 18.8 Å². The summed E-state index contributed by atoms with van der Waals surface area (Å²) in [6.45, 7) is 0.490. The van der Waals surface area contributed by atoms with Crippen LogP contribution in [-0.4, -0.2) is 55.6 Å². The molecule has 0 aromatic heterocycles. The van der Waals surface area contributed by atoms with Gasteiger partial charge in [0.2, 0.25) is 0 Å². The number of carbonyl (C=O) groups excluding carboxylic acids is 1. The quantitative estimate of drug-likeness (QED) is 0.826. The van der Waals surface area contributed by atoms with Crippen LogP contribution in [0, 0.1) is 0 Å². The molecule has 0 saturated carbocycles. The normalized spacial score (nSPS) is 12.2. The number of methoxy groups -OCH3 is 1. The number of aliphatic hydroxyl groups is 1. The zero-order valence-corrected chi connectivity index (χ0v) is 12.4. The number of aliphatic hydroxyl groups excluding tert-OH is 1. The molecule has 0 aliphatic heterocycles. The Morgan fingerprint density at radius 1 is 1.42 bits per heavy atom. The van der Waals surface area contributed by atoms with Crippen LogP contribution >= 0.6 is 11.8 Å². The number of ether oxygens (including phenoxy) is 1. The lowest BCUT2D eigenvalue weighted by Crippen LogP contribution is -2.36. The highest BCUT2D eigenvalue weighted by molar-refractivity contribution is 7.97. The van der Waals surface area contributed by atoms with Crippen molar-refractivity contribution in [1.29, 1.82) is 0 Å². The predicted octanol–water partition coefficient (Wildman–Crippen LogP) is 1.63. The second-order valence-electron chi connectivity index (χ2n) is 4.42. The first-order valence-electron chi connectivity index (χ1n) is 6.08. The lowest BCUT2D eigenvalue weighted by Gasteiger charge is -2.20. The standard InChI is InChI=1S/C14H21NO3S/c1-15(8-13(16)9-18-2)14(17)12-6-4-11(5-7-12)10-19-3/h4-7,13,16H,8-10H2,1-3H3. The van der Waals surface area contributed by atoms with Crippen molar-refractivity contribution in [3.05, 3.63) is 35.4 Å². The van der Waals surface area contributed by atoms with Gasteiger partial charge in [0.05, 0.1) is 12.7 Å². The molecule has 1 N–H and O–H groups in total. The molecule has 5 heteroatoms. The minimum atomic E-state index is -0.658. The third-order valence-electron chi connectivity index (χ3n) is 2.70. The van der Waals surface area contributed by atoms with Crippen LogP contribution in [0.1, 0.15) is 15.9 Å². The summed E-state index contributed by atoms with van der Waals surface area (Å²) in [6, 6.07) is 7.58. The van der Waals surface area contributed by atoms with E-state index < -0.39 is 6.10 Å². The van der Waals surface area contributed by atoms with E-state index >= 15 is 0 Å². The van der Waals surface area contributed by atoms with Crippen molar-refractivity contribution in [2.24, 2.45) is 0 Å². The van der Waals surface area contributed by atoms with E-state index in [1.165, 1.54) is 17.6 Å². The summed E-state index contributed by atoms with van der Waals surface area (Å²) >= 11 is 1.75.